The maximum atomic E-state index is 13.8. The van der Waals surface area contributed by atoms with Crippen LogP contribution in [0.5, 0.6) is 0 Å². The summed E-state index contributed by atoms with van der Waals surface area (Å²) < 4.78 is 29.4. The number of rotatable bonds is 4. The average molecular weight is 392 g/mol. The van der Waals surface area contributed by atoms with Gasteiger partial charge in [-0.2, -0.15) is 9.97 Å². The molecule has 2 aromatic heterocycles. The highest BCUT2D eigenvalue weighted by molar-refractivity contribution is 5.85. The molecule has 0 aliphatic carbocycles. The minimum Gasteiger partial charge on any atom is -0.350 e. The van der Waals surface area contributed by atoms with E-state index in [0.717, 1.165) is 0 Å². The van der Waals surface area contributed by atoms with Crippen molar-refractivity contribution in [3.05, 3.63) is 6.33 Å². The van der Waals surface area contributed by atoms with Crippen molar-refractivity contribution >= 4 is 22.9 Å². The summed E-state index contributed by atoms with van der Waals surface area (Å²) in [5.41, 5.74) is -0.167. The van der Waals surface area contributed by atoms with Gasteiger partial charge in [0.1, 0.15) is 0 Å². The Morgan fingerprint density at radius 3 is 2.50 bits per heavy atom. The Morgan fingerprint density at radius 1 is 1.18 bits per heavy atom. The van der Waals surface area contributed by atoms with Gasteiger partial charge in [-0.1, -0.05) is 0 Å². The van der Waals surface area contributed by atoms with Crippen LogP contribution in [0.15, 0.2) is 27.0 Å². The van der Waals surface area contributed by atoms with E-state index in [4.69, 9.17) is 0 Å². The number of aromatic nitrogens is 4. The van der Waals surface area contributed by atoms with Crippen molar-refractivity contribution < 1.29 is 8.78 Å². The molecule has 1 saturated heterocycles. The zero-order chi connectivity index (χ0) is 20.2. The normalized spacial score (nSPS) is 20.4. The van der Waals surface area contributed by atoms with Gasteiger partial charge >= 0.3 is 0 Å². The molecule has 1 N–H and O–H groups in total. The minimum absolute atomic E-state index is 0.208. The molecular formula is C16H22F2N10. The summed E-state index contributed by atoms with van der Waals surface area (Å²) in [6.07, 6.45) is 1.38. The number of hydrogen-bond donors (Lipinski definition) is 1. The molecular weight excluding hydrogens is 370 g/mol. The Labute approximate surface area is 160 Å². The Morgan fingerprint density at radius 2 is 1.89 bits per heavy atom. The summed E-state index contributed by atoms with van der Waals surface area (Å²) >= 11 is 0. The van der Waals surface area contributed by atoms with Gasteiger partial charge < -0.3 is 14.8 Å². The van der Waals surface area contributed by atoms with Crippen LogP contribution in [0.25, 0.3) is 11.2 Å². The SMILES string of the molecule is CC1(Cn2cnc3c(N4CCC(F)(F)C4)nc(NC(C)(C)C)nc32)N=NN=N1. The fourth-order valence-corrected chi connectivity index (χ4v) is 3.21. The summed E-state index contributed by atoms with van der Waals surface area (Å²) in [4.78, 5) is 15.1. The molecule has 10 nitrogen and oxygen atoms in total. The first kappa shape index (κ1) is 18.6. The van der Waals surface area contributed by atoms with Crippen molar-refractivity contribution in [2.75, 3.05) is 23.3 Å². The van der Waals surface area contributed by atoms with Crippen molar-refractivity contribution in [1.29, 1.82) is 0 Å². The first-order valence-electron chi connectivity index (χ1n) is 9.02. The van der Waals surface area contributed by atoms with Crippen molar-refractivity contribution in [2.24, 2.45) is 20.7 Å². The van der Waals surface area contributed by atoms with E-state index in [9.17, 15) is 8.78 Å². The number of nitrogens with zero attached hydrogens (tertiary/aromatic N) is 9. The molecule has 0 amide bonds. The molecule has 1 fully saturated rings. The molecule has 0 atom stereocenters. The van der Waals surface area contributed by atoms with Gasteiger partial charge in [0, 0.05) is 18.5 Å². The monoisotopic (exact) mass is 392 g/mol. The van der Waals surface area contributed by atoms with Gasteiger partial charge in [0.15, 0.2) is 17.0 Å². The first-order valence-corrected chi connectivity index (χ1v) is 9.02. The third-order valence-electron chi connectivity index (χ3n) is 4.43. The molecule has 0 unspecified atom stereocenters. The van der Waals surface area contributed by atoms with Crippen molar-refractivity contribution in [3.8, 4) is 0 Å². The molecule has 0 saturated carbocycles. The summed E-state index contributed by atoms with van der Waals surface area (Å²) in [7, 11) is 0. The fraction of sp³-hybridized carbons (Fsp3) is 0.688. The van der Waals surface area contributed by atoms with Gasteiger partial charge in [-0.15, -0.1) is 10.2 Å². The third kappa shape index (κ3) is 3.62. The molecule has 4 rings (SSSR count). The molecule has 2 aliphatic heterocycles. The van der Waals surface area contributed by atoms with Crippen LogP contribution >= 0.6 is 0 Å². The van der Waals surface area contributed by atoms with Gasteiger partial charge in [0.2, 0.25) is 11.6 Å². The lowest BCUT2D eigenvalue weighted by atomic mass is 10.1. The molecule has 0 radical (unpaired) electrons. The van der Waals surface area contributed by atoms with E-state index in [0.29, 0.717) is 29.5 Å². The molecule has 150 valence electrons. The number of halogens is 2. The predicted octanol–water partition coefficient (Wildman–Crippen LogP) is 3.43. The largest absolute Gasteiger partial charge is 0.350 e. The van der Waals surface area contributed by atoms with Crippen molar-refractivity contribution in [3.63, 3.8) is 0 Å². The standard InChI is InChI=1S/C16H22F2N10/c1-14(2,3)22-13-20-11(27-6-5-16(17,18)8-27)10-12(21-13)28(9-19-10)7-15(4)23-25-26-24-15/h9H,5-8H2,1-4H3,(H,20,21,22). The second-order valence-electron chi connectivity index (χ2n) is 8.41. The molecule has 4 heterocycles. The van der Waals surface area contributed by atoms with Gasteiger partial charge in [0.25, 0.3) is 5.92 Å². The van der Waals surface area contributed by atoms with Crippen LogP contribution < -0.4 is 10.2 Å². The number of imidazole rings is 1. The quantitative estimate of drug-likeness (QED) is 0.857. The average Bonchev–Trinajstić information content (AvgIpc) is 3.26. The molecule has 0 bridgehead atoms. The van der Waals surface area contributed by atoms with Crippen LogP contribution in [-0.4, -0.2) is 49.7 Å². The van der Waals surface area contributed by atoms with E-state index < -0.39 is 11.6 Å². The number of nitrogens with one attached hydrogen (secondary N) is 1. The molecule has 0 spiro atoms. The molecule has 2 aromatic rings. The van der Waals surface area contributed by atoms with E-state index in [1.807, 2.05) is 20.8 Å². The number of fused-ring (bicyclic) bond motifs is 1. The summed E-state index contributed by atoms with van der Waals surface area (Å²) in [6.45, 7) is 7.85. The van der Waals surface area contributed by atoms with Crippen molar-refractivity contribution in [1.82, 2.24) is 19.5 Å². The summed E-state index contributed by atoms with van der Waals surface area (Å²) in [6, 6.07) is 0. The lowest BCUT2D eigenvalue weighted by molar-refractivity contribution is 0.0257. The van der Waals surface area contributed by atoms with Gasteiger partial charge in [0.05, 0.1) is 19.4 Å². The van der Waals surface area contributed by atoms with E-state index in [1.165, 1.54) is 0 Å². The predicted molar refractivity (Wildman–Crippen MR) is 98.6 cm³/mol. The number of hydrogen-bond acceptors (Lipinski definition) is 9. The molecule has 0 aromatic carbocycles. The van der Waals surface area contributed by atoms with Crippen molar-refractivity contribution in [2.45, 2.75) is 57.8 Å². The number of alkyl halides is 2. The highest BCUT2D eigenvalue weighted by atomic mass is 19.3. The molecule has 12 heteroatoms. The smallest absolute Gasteiger partial charge is 0.266 e. The van der Waals surface area contributed by atoms with Crippen LogP contribution in [0, 0.1) is 0 Å². The highest BCUT2D eigenvalue weighted by Crippen LogP contribution is 2.34. The van der Waals surface area contributed by atoms with E-state index in [2.05, 4.69) is 40.9 Å². The van der Waals surface area contributed by atoms with Crippen LogP contribution in [0.2, 0.25) is 0 Å². The van der Waals surface area contributed by atoms with Gasteiger partial charge in [-0.05, 0) is 38.1 Å². The maximum Gasteiger partial charge on any atom is 0.266 e. The van der Waals surface area contributed by atoms with E-state index >= 15 is 0 Å². The second kappa shape index (κ2) is 6.11. The Balaban J connectivity index is 1.79. The zero-order valence-electron chi connectivity index (χ0n) is 16.2. The van der Waals surface area contributed by atoms with E-state index in [1.54, 1.807) is 22.7 Å². The van der Waals surface area contributed by atoms with Crippen LogP contribution in [0.4, 0.5) is 20.5 Å². The Hall–Kier alpha value is -2.79. The first-order chi connectivity index (χ1) is 13.0. The lowest BCUT2D eigenvalue weighted by Crippen LogP contribution is -2.30. The van der Waals surface area contributed by atoms with Crippen LogP contribution in [-0.2, 0) is 6.54 Å². The minimum atomic E-state index is -2.74. The highest BCUT2D eigenvalue weighted by Gasteiger charge is 2.40. The summed E-state index contributed by atoms with van der Waals surface area (Å²) in [5.74, 6) is -1.99. The Kier molecular flexibility index (Phi) is 4.05. The fourth-order valence-electron chi connectivity index (χ4n) is 3.21. The maximum absolute atomic E-state index is 13.8. The number of anilines is 2. The van der Waals surface area contributed by atoms with Crippen LogP contribution in [0.3, 0.4) is 0 Å². The summed E-state index contributed by atoms with van der Waals surface area (Å²) in [5, 5.41) is 18.4. The topological polar surface area (TPSA) is 108 Å². The third-order valence-corrected chi connectivity index (χ3v) is 4.43. The van der Waals surface area contributed by atoms with Gasteiger partial charge in [-0.3, -0.25) is 0 Å². The van der Waals surface area contributed by atoms with Gasteiger partial charge in [-0.25, -0.2) is 13.8 Å². The Bertz CT molecular complexity index is 946. The van der Waals surface area contributed by atoms with Crippen LogP contribution in [0.1, 0.15) is 34.1 Å². The lowest BCUT2D eigenvalue weighted by Gasteiger charge is -2.23. The zero-order valence-corrected chi connectivity index (χ0v) is 16.2. The molecule has 2 aliphatic rings. The van der Waals surface area contributed by atoms with E-state index in [-0.39, 0.29) is 25.0 Å². The second-order valence-corrected chi connectivity index (χ2v) is 8.41. The molecule has 28 heavy (non-hydrogen) atoms.